The molecular weight excluding hydrogens is 725 g/mol. The molecule has 0 saturated heterocycles. The summed E-state index contributed by atoms with van der Waals surface area (Å²) in [6, 6.07) is 48.1. The van der Waals surface area contributed by atoms with Gasteiger partial charge in [-0.05, 0) is 75.1 Å². The molecule has 0 aliphatic carbocycles. The van der Waals surface area contributed by atoms with E-state index in [1.165, 1.54) is 26.2 Å². The number of benzene rings is 9. The van der Waals surface area contributed by atoms with Gasteiger partial charge in [0.2, 0.25) is 0 Å². The average molecular weight is 764 g/mol. The lowest BCUT2D eigenvalue weighted by Crippen LogP contribution is -2.03. The van der Waals surface area contributed by atoms with E-state index >= 15 is 0 Å². The van der Waals surface area contributed by atoms with Crippen LogP contribution in [0.2, 0.25) is 0 Å². The van der Waals surface area contributed by atoms with Crippen LogP contribution in [0.4, 0.5) is 0 Å². The minimum atomic E-state index is -0.461. The first-order chi connectivity index (χ1) is 31.6. The van der Waals surface area contributed by atoms with Crippen LogP contribution >= 0.6 is 11.3 Å². The molecule has 9 aromatic carbocycles. The lowest BCUT2D eigenvalue weighted by molar-refractivity contribution is 1.06. The summed E-state index contributed by atoms with van der Waals surface area (Å²) in [6.07, 6.45) is 0. The second kappa shape index (κ2) is 13.1. The predicted molar refractivity (Wildman–Crippen MR) is 244 cm³/mol. The molecule has 0 saturated carbocycles. The third-order valence-electron chi connectivity index (χ3n) is 10.9. The Balaban J connectivity index is 1.12. The van der Waals surface area contributed by atoms with Crippen molar-refractivity contribution in [1.29, 1.82) is 0 Å². The molecule has 0 atom stereocenters. The zero-order valence-electron chi connectivity index (χ0n) is 37.6. The van der Waals surface area contributed by atoms with Crippen molar-refractivity contribution in [3.8, 4) is 51.0 Å². The first kappa shape index (κ1) is 26.4. The monoisotopic (exact) mass is 763 g/mol. The Morgan fingerprint density at radius 3 is 2.00 bits per heavy atom. The second-order valence-corrected chi connectivity index (χ2v) is 15.3. The van der Waals surface area contributed by atoms with Crippen molar-refractivity contribution in [1.82, 2.24) is 19.5 Å². The molecule has 0 bridgehead atoms. The van der Waals surface area contributed by atoms with Gasteiger partial charge < -0.3 is 4.57 Å². The molecular formula is C53H32N4S. The Labute approximate surface area is 347 Å². The predicted octanol–water partition coefficient (Wildman–Crippen LogP) is 14.3. The third-order valence-corrected chi connectivity index (χ3v) is 12.2. The summed E-state index contributed by atoms with van der Waals surface area (Å²) in [7, 11) is 0. The minimum Gasteiger partial charge on any atom is -0.309 e. The highest BCUT2D eigenvalue weighted by Crippen LogP contribution is 2.41. The van der Waals surface area contributed by atoms with Crippen LogP contribution < -0.4 is 0 Å². The van der Waals surface area contributed by atoms with Gasteiger partial charge in [0.25, 0.3) is 0 Å². The van der Waals surface area contributed by atoms with Crippen LogP contribution in [0.1, 0.15) is 9.60 Å². The van der Waals surface area contributed by atoms with Gasteiger partial charge in [-0.25, -0.2) is 15.0 Å². The molecule has 58 heavy (non-hydrogen) atoms. The fourth-order valence-corrected chi connectivity index (χ4v) is 9.51. The SMILES string of the molecule is [2H]c1cc([2H])c2c(c1[2H])c1c([2H])c([2H])c([2H])c([2H])c1n2-c1ccccc1-c1nc(-c2cccc(-c3cccc4c3sc3ccccc34)c2)nc(-c2ccc3c(ccc4ccccc43)c2)n1. The molecule has 0 radical (unpaired) electrons. The molecule has 5 heteroatoms. The van der Waals surface area contributed by atoms with Gasteiger partial charge in [0.05, 0.1) is 26.3 Å². The van der Waals surface area contributed by atoms with E-state index in [2.05, 4.69) is 91.0 Å². The summed E-state index contributed by atoms with van der Waals surface area (Å²) < 4.78 is 66.1. The standard InChI is InChI=1S/C53H32N4S/c1-2-16-38-33(13-1)27-28-35-32-37(29-30-39(35)38)52-54-51(36-15-11-14-34(31-36)40-21-12-22-44-43-19-6-10-26-49(43)58-50(40)44)55-53(56-52)45-20-5-9-25-48(45)57-46-23-7-3-17-41(46)42-18-4-8-24-47(42)57/h1-32H/i3D,4D,7D,17D,18D,23D,24D. The molecule has 0 aliphatic rings. The van der Waals surface area contributed by atoms with Gasteiger partial charge in [-0.2, -0.15) is 0 Å². The Morgan fingerprint density at radius 2 is 1.07 bits per heavy atom. The number of hydrogen-bond donors (Lipinski definition) is 0. The molecule has 12 rings (SSSR count). The van der Waals surface area contributed by atoms with Crippen LogP contribution in [0.5, 0.6) is 0 Å². The fraction of sp³-hybridized carbons (Fsp3) is 0. The zero-order chi connectivity index (χ0) is 44.2. The van der Waals surface area contributed by atoms with Gasteiger partial charge in [-0.3, -0.25) is 0 Å². The van der Waals surface area contributed by atoms with Crippen LogP contribution in [-0.4, -0.2) is 19.5 Å². The van der Waals surface area contributed by atoms with Gasteiger partial charge in [-0.1, -0.05) is 152 Å². The van der Waals surface area contributed by atoms with Crippen molar-refractivity contribution in [2.45, 2.75) is 0 Å². The molecule has 0 amide bonds. The summed E-state index contributed by atoms with van der Waals surface area (Å²) in [5.74, 6) is 1.13. The maximum absolute atomic E-state index is 9.18. The van der Waals surface area contributed by atoms with Gasteiger partial charge in [0.15, 0.2) is 17.5 Å². The van der Waals surface area contributed by atoms with Crippen molar-refractivity contribution in [3.05, 3.63) is 194 Å². The highest BCUT2D eigenvalue weighted by Gasteiger charge is 2.20. The zero-order valence-corrected chi connectivity index (χ0v) is 31.4. The Hall–Kier alpha value is -7.47. The molecule has 0 aliphatic heterocycles. The van der Waals surface area contributed by atoms with Crippen LogP contribution in [0.3, 0.4) is 0 Å². The lowest BCUT2D eigenvalue weighted by atomic mass is 9.99. The van der Waals surface area contributed by atoms with Crippen LogP contribution in [-0.2, 0) is 0 Å². The average Bonchev–Trinajstić information content (AvgIpc) is 3.92. The summed E-state index contributed by atoms with van der Waals surface area (Å²) in [6.45, 7) is 0. The maximum atomic E-state index is 9.18. The molecule has 270 valence electrons. The Kier molecular flexibility index (Phi) is 5.94. The fourth-order valence-electron chi connectivity index (χ4n) is 8.27. The van der Waals surface area contributed by atoms with Crippen LogP contribution in [0.15, 0.2) is 194 Å². The van der Waals surface area contributed by atoms with E-state index in [-0.39, 0.29) is 52.0 Å². The van der Waals surface area contributed by atoms with Crippen molar-refractivity contribution in [2.24, 2.45) is 0 Å². The van der Waals surface area contributed by atoms with Gasteiger partial charge in [0, 0.05) is 47.6 Å². The molecule has 3 aromatic heterocycles. The summed E-state index contributed by atoms with van der Waals surface area (Å²) in [5, 5.41) is 6.98. The van der Waals surface area contributed by atoms with E-state index in [9.17, 15) is 1.37 Å². The van der Waals surface area contributed by atoms with Crippen molar-refractivity contribution >= 4 is 74.9 Å². The molecule has 4 nitrogen and oxygen atoms in total. The topological polar surface area (TPSA) is 43.6 Å². The minimum absolute atomic E-state index is 0.0691. The quantitative estimate of drug-likeness (QED) is 0.164. The van der Waals surface area contributed by atoms with E-state index < -0.39 is 12.1 Å². The smallest absolute Gasteiger partial charge is 0.166 e. The normalized spacial score (nSPS) is 13.5. The second-order valence-electron chi connectivity index (χ2n) is 14.2. The van der Waals surface area contributed by atoms with Crippen LogP contribution in [0.25, 0.3) is 115 Å². The largest absolute Gasteiger partial charge is 0.309 e. The number of thiophene rings is 1. The Bertz CT molecular complexity index is 4010. The van der Waals surface area contributed by atoms with Gasteiger partial charge >= 0.3 is 0 Å². The first-order valence-corrected chi connectivity index (χ1v) is 19.8. The lowest BCUT2D eigenvalue weighted by Gasteiger charge is -2.15. The molecule has 0 N–H and O–H groups in total. The van der Waals surface area contributed by atoms with E-state index in [0.29, 0.717) is 28.7 Å². The first-order valence-electron chi connectivity index (χ1n) is 22.4. The van der Waals surface area contributed by atoms with E-state index in [4.69, 9.17) is 23.2 Å². The van der Waals surface area contributed by atoms with E-state index in [1.54, 1.807) is 28.0 Å². The third kappa shape index (κ3) is 5.18. The maximum Gasteiger partial charge on any atom is 0.166 e. The van der Waals surface area contributed by atoms with Crippen LogP contribution in [0, 0.1) is 0 Å². The summed E-state index contributed by atoms with van der Waals surface area (Å²) in [5.41, 5.74) is 4.83. The van der Waals surface area contributed by atoms with Crippen molar-refractivity contribution in [2.75, 3.05) is 0 Å². The number of para-hydroxylation sites is 3. The number of aromatic nitrogens is 4. The number of hydrogen-bond acceptors (Lipinski definition) is 4. The van der Waals surface area contributed by atoms with E-state index in [0.717, 1.165) is 43.8 Å². The highest BCUT2D eigenvalue weighted by atomic mass is 32.1. The van der Waals surface area contributed by atoms with Gasteiger partial charge in [0.1, 0.15) is 0 Å². The molecule has 12 aromatic rings. The van der Waals surface area contributed by atoms with Crippen molar-refractivity contribution in [3.63, 3.8) is 0 Å². The summed E-state index contributed by atoms with van der Waals surface area (Å²) in [4.78, 5) is 15.5. The highest BCUT2D eigenvalue weighted by molar-refractivity contribution is 7.26. The van der Waals surface area contributed by atoms with Gasteiger partial charge in [-0.15, -0.1) is 11.3 Å². The number of fused-ring (bicyclic) bond motifs is 9. The molecule has 0 spiro atoms. The molecule has 3 heterocycles. The summed E-state index contributed by atoms with van der Waals surface area (Å²) >= 11 is 1.77. The molecule has 0 fully saturated rings. The van der Waals surface area contributed by atoms with E-state index in [1.807, 2.05) is 42.5 Å². The molecule has 0 unspecified atom stereocenters. The number of nitrogens with zero attached hydrogens (tertiary/aromatic N) is 4. The Morgan fingerprint density at radius 1 is 0.414 bits per heavy atom. The number of rotatable bonds is 5. The van der Waals surface area contributed by atoms with Crippen molar-refractivity contribution < 1.29 is 9.60 Å².